The first-order valence-electron chi connectivity index (χ1n) is 18.4. The van der Waals surface area contributed by atoms with E-state index < -0.39 is 40.1 Å². The van der Waals surface area contributed by atoms with E-state index in [-0.39, 0.29) is 47.1 Å². The van der Waals surface area contributed by atoms with Crippen LogP contribution in [0.4, 0.5) is 0 Å². The zero-order chi connectivity index (χ0) is 42.2. The highest BCUT2D eigenvalue weighted by Crippen LogP contribution is 2.39. The van der Waals surface area contributed by atoms with Gasteiger partial charge in [-0.1, -0.05) is 53.5 Å². The Bertz CT molecular complexity index is 2230. The van der Waals surface area contributed by atoms with Crippen LogP contribution in [0.1, 0.15) is 42.0 Å². The Morgan fingerprint density at radius 1 is 0.983 bits per heavy atom. The van der Waals surface area contributed by atoms with Gasteiger partial charge in [0.1, 0.15) is 42.0 Å². The largest absolute Gasteiger partial charge is 0.492 e. The number of β-amino-alcohol motifs (C(OH)–C–C–N with tert-alkyl or cyclic N) is 1. The number of ether oxygens (including phenoxy) is 4. The lowest BCUT2D eigenvalue weighted by atomic mass is 9.96. The molecule has 0 bridgehead atoms. The van der Waals surface area contributed by atoms with Gasteiger partial charge in [0.15, 0.2) is 9.84 Å². The van der Waals surface area contributed by atoms with Crippen LogP contribution in [0.3, 0.4) is 0 Å². The minimum Gasteiger partial charge on any atom is -0.492 e. The van der Waals surface area contributed by atoms with Gasteiger partial charge in [-0.3, -0.25) is 24.8 Å². The van der Waals surface area contributed by atoms with E-state index in [1.807, 2.05) is 42.2 Å². The number of likely N-dealkylation sites (tertiary alicyclic amines) is 1. The number of pyridine rings is 1. The minimum atomic E-state index is -3.52. The smallest absolute Gasteiger partial charge is 0.326 e. The minimum absolute atomic E-state index is 0.0282. The Kier molecular flexibility index (Phi) is 15.0. The number of sulfone groups is 1. The van der Waals surface area contributed by atoms with Crippen molar-refractivity contribution >= 4 is 45.0 Å². The number of aliphatic hydroxyl groups is 2. The standard InChI is InChI=1S/C41H47Cl2N3O11S/c1-25-27(8-5-9-31(25)32-10-6-11-35(38(32)43)55-13-7-12-46-21-29(48)16-34(46)39(49)54-3)23-57-37-17-36(56-22-26-14-30(20-44-18-26)58(4,52)53)28(15-33(37)42)19-45-41(2,24-47)40(50)51/h5-6,8-11,14-15,17-18,20,29,34,45,47-48H,7,12-13,16,19,21-24H2,1-4H3,(H,50,51)/t29-,34+,41?/m1/s1. The molecule has 58 heavy (non-hydrogen) atoms. The summed E-state index contributed by atoms with van der Waals surface area (Å²) >= 11 is 13.6. The molecule has 2 heterocycles. The number of carbonyl (C=O) groups excluding carboxylic acids is 1. The number of carboxylic acid groups (broad SMARTS) is 1. The van der Waals surface area contributed by atoms with Gasteiger partial charge in [0.2, 0.25) is 0 Å². The number of aliphatic carboxylic acids is 1. The first kappa shape index (κ1) is 44.6. The third kappa shape index (κ3) is 11.0. The van der Waals surface area contributed by atoms with Crippen LogP contribution >= 0.6 is 23.2 Å². The van der Waals surface area contributed by atoms with E-state index in [1.54, 1.807) is 18.2 Å². The maximum atomic E-state index is 12.1. The number of esters is 1. The predicted octanol–water partition coefficient (Wildman–Crippen LogP) is 5.23. The highest BCUT2D eigenvalue weighted by atomic mass is 35.5. The van der Waals surface area contributed by atoms with Gasteiger partial charge < -0.3 is 34.3 Å². The number of nitrogens with zero attached hydrogens (tertiary/aromatic N) is 2. The number of rotatable bonds is 19. The molecule has 1 aliphatic heterocycles. The fourth-order valence-corrected chi connectivity index (χ4v) is 7.57. The van der Waals surface area contributed by atoms with Gasteiger partial charge in [0.05, 0.1) is 41.4 Å². The summed E-state index contributed by atoms with van der Waals surface area (Å²) in [6, 6.07) is 15.4. The second-order valence-corrected chi connectivity index (χ2v) is 17.1. The van der Waals surface area contributed by atoms with Gasteiger partial charge in [-0.15, -0.1) is 0 Å². The van der Waals surface area contributed by atoms with E-state index in [1.165, 1.54) is 32.5 Å². The van der Waals surface area contributed by atoms with Crippen LogP contribution in [-0.4, -0.2) is 103 Å². The van der Waals surface area contributed by atoms with Crippen LogP contribution < -0.4 is 19.5 Å². The van der Waals surface area contributed by atoms with Crippen LogP contribution in [-0.2, 0) is 43.9 Å². The first-order valence-corrected chi connectivity index (χ1v) is 21.0. The number of hydrogen-bond donors (Lipinski definition) is 4. The third-order valence-electron chi connectivity index (χ3n) is 9.95. The molecule has 5 rings (SSSR count). The lowest BCUT2D eigenvalue weighted by molar-refractivity contribution is -0.146. The number of benzene rings is 3. The van der Waals surface area contributed by atoms with E-state index in [2.05, 4.69) is 10.3 Å². The number of carbonyl (C=O) groups is 2. The van der Waals surface area contributed by atoms with Gasteiger partial charge >= 0.3 is 11.9 Å². The Morgan fingerprint density at radius 2 is 1.71 bits per heavy atom. The number of nitrogens with one attached hydrogen (secondary N) is 1. The molecule has 17 heteroatoms. The number of hydrogen-bond acceptors (Lipinski definition) is 13. The molecule has 14 nitrogen and oxygen atoms in total. The van der Waals surface area contributed by atoms with Crippen LogP contribution in [0.5, 0.6) is 17.2 Å². The fourth-order valence-electron chi connectivity index (χ4n) is 6.43. The lowest BCUT2D eigenvalue weighted by Crippen LogP contribution is -2.52. The average molecular weight is 861 g/mol. The summed E-state index contributed by atoms with van der Waals surface area (Å²) in [5, 5.41) is 33.0. The zero-order valence-electron chi connectivity index (χ0n) is 32.5. The molecule has 0 aliphatic carbocycles. The van der Waals surface area contributed by atoms with Crippen molar-refractivity contribution in [3.63, 3.8) is 0 Å². The first-order chi connectivity index (χ1) is 27.5. The molecule has 4 N–H and O–H groups in total. The monoisotopic (exact) mass is 859 g/mol. The van der Waals surface area contributed by atoms with Crippen molar-refractivity contribution in [1.82, 2.24) is 15.2 Å². The average Bonchev–Trinajstić information content (AvgIpc) is 3.58. The van der Waals surface area contributed by atoms with Crippen molar-refractivity contribution in [3.8, 4) is 28.4 Å². The van der Waals surface area contributed by atoms with Crippen LogP contribution in [0.25, 0.3) is 11.1 Å². The van der Waals surface area contributed by atoms with Crippen LogP contribution in [0.2, 0.25) is 10.0 Å². The van der Waals surface area contributed by atoms with E-state index in [0.717, 1.165) is 28.5 Å². The Balaban J connectivity index is 1.31. The molecule has 1 aromatic heterocycles. The Morgan fingerprint density at radius 3 is 2.41 bits per heavy atom. The molecule has 4 aromatic rings. The van der Waals surface area contributed by atoms with Crippen LogP contribution in [0.15, 0.2) is 71.9 Å². The van der Waals surface area contributed by atoms with E-state index in [0.29, 0.717) is 54.4 Å². The van der Waals surface area contributed by atoms with Gasteiger partial charge in [0, 0.05) is 67.5 Å². The number of aliphatic hydroxyl groups excluding tert-OH is 2. The number of aromatic nitrogens is 1. The summed E-state index contributed by atoms with van der Waals surface area (Å²) in [5.41, 5.74) is 2.62. The van der Waals surface area contributed by atoms with Crippen molar-refractivity contribution in [2.24, 2.45) is 0 Å². The van der Waals surface area contributed by atoms with Gasteiger partial charge in [-0.25, -0.2) is 8.42 Å². The lowest BCUT2D eigenvalue weighted by Gasteiger charge is -2.25. The second kappa shape index (κ2) is 19.5. The fraction of sp³-hybridized carbons (Fsp3) is 0.390. The topological polar surface area (TPSA) is 194 Å². The Hall–Kier alpha value is -4.48. The summed E-state index contributed by atoms with van der Waals surface area (Å²) in [6.07, 6.45) is 4.15. The molecular formula is C41H47Cl2N3O11S. The predicted molar refractivity (Wildman–Crippen MR) is 217 cm³/mol. The number of methoxy groups -OCH3 is 1. The SMILES string of the molecule is COC(=O)[C@@H]1C[C@@H](O)CN1CCCOc1cccc(-c2cccc(COc3cc(OCc4cncc(S(C)(=O)=O)c4)c(CNC(C)(CO)C(=O)O)cc3Cl)c2C)c1Cl. The van der Waals surface area contributed by atoms with Crippen LogP contribution in [0, 0.1) is 6.92 Å². The summed E-state index contributed by atoms with van der Waals surface area (Å²) in [6.45, 7) is 3.85. The maximum Gasteiger partial charge on any atom is 0.326 e. The summed E-state index contributed by atoms with van der Waals surface area (Å²) in [5.74, 6) is -0.572. The summed E-state index contributed by atoms with van der Waals surface area (Å²) in [4.78, 5) is 29.9. The van der Waals surface area contributed by atoms with E-state index in [9.17, 15) is 33.3 Å². The molecule has 3 atom stereocenters. The van der Waals surface area contributed by atoms with Gasteiger partial charge in [0.25, 0.3) is 0 Å². The summed E-state index contributed by atoms with van der Waals surface area (Å²) in [7, 11) is -2.18. The highest BCUT2D eigenvalue weighted by Gasteiger charge is 2.36. The number of carboxylic acids is 1. The molecule has 312 valence electrons. The molecule has 0 radical (unpaired) electrons. The van der Waals surface area contributed by atoms with Crippen molar-refractivity contribution < 1.29 is 52.3 Å². The van der Waals surface area contributed by atoms with E-state index >= 15 is 0 Å². The molecule has 1 unspecified atom stereocenters. The quantitative estimate of drug-likeness (QED) is 0.0708. The van der Waals surface area contributed by atoms with Crippen molar-refractivity contribution in [1.29, 1.82) is 0 Å². The normalized spacial score (nSPS) is 16.8. The van der Waals surface area contributed by atoms with Crippen molar-refractivity contribution in [3.05, 3.63) is 99.3 Å². The Labute approximate surface area is 347 Å². The second-order valence-electron chi connectivity index (χ2n) is 14.3. The van der Waals surface area contributed by atoms with Gasteiger partial charge in [-0.2, -0.15) is 0 Å². The maximum absolute atomic E-state index is 12.1. The molecule has 0 spiro atoms. The van der Waals surface area contributed by atoms with E-state index in [4.69, 9.17) is 42.1 Å². The summed E-state index contributed by atoms with van der Waals surface area (Å²) < 4.78 is 47.6. The molecule has 0 saturated carbocycles. The molecule has 1 fully saturated rings. The third-order valence-corrected chi connectivity index (χ3v) is 11.7. The highest BCUT2D eigenvalue weighted by molar-refractivity contribution is 7.90. The zero-order valence-corrected chi connectivity index (χ0v) is 34.9. The number of halogens is 2. The molecular weight excluding hydrogens is 813 g/mol. The van der Waals surface area contributed by atoms with Gasteiger partial charge in [-0.05, 0) is 55.2 Å². The van der Waals surface area contributed by atoms with Crippen molar-refractivity contribution in [2.75, 3.05) is 39.7 Å². The molecule has 1 saturated heterocycles. The molecule has 0 amide bonds. The van der Waals surface area contributed by atoms with Crippen molar-refractivity contribution in [2.45, 2.75) is 69.0 Å². The molecule has 3 aromatic carbocycles. The molecule has 1 aliphatic rings.